The summed E-state index contributed by atoms with van der Waals surface area (Å²) < 4.78 is 27.0. The van der Waals surface area contributed by atoms with E-state index in [9.17, 15) is 13.2 Å². The third-order valence-corrected chi connectivity index (χ3v) is 3.30. The summed E-state index contributed by atoms with van der Waals surface area (Å²) in [6, 6.07) is 0. The Balaban J connectivity index is 2.19. The monoisotopic (exact) mass is 271 g/mol. The van der Waals surface area contributed by atoms with Crippen LogP contribution in [0.4, 0.5) is 5.69 Å². The number of carboxylic acid groups (broad SMARTS) is 1. The molecule has 0 unspecified atom stereocenters. The smallest absolute Gasteiger partial charge is 0.325 e. The Morgan fingerprint density at radius 1 is 1.50 bits per heavy atom. The number of hydrogen-bond acceptors (Lipinski definition) is 5. The SMILES string of the molecule is O=C(O)Cn1cc(S(=O)(=O)Nc2cn[nH]c2)cn1. The summed E-state index contributed by atoms with van der Waals surface area (Å²) in [5, 5.41) is 18.2. The van der Waals surface area contributed by atoms with E-state index in [-0.39, 0.29) is 10.6 Å². The van der Waals surface area contributed by atoms with E-state index < -0.39 is 22.5 Å². The van der Waals surface area contributed by atoms with Gasteiger partial charge in [-0.1, -0.05) is 0 Å². The number of aromatic nitrogens is 4. The Labute approximate surface area is 101 Å². The van der Waals surface area contributed by atoms with Crippen molar-refractivity contribution < 1.29 is 18.3 Å². The summed E-state index contributed by atoms with van der Waals surface area (Å²) in [6.45, 7) is -0.402. The molecule has 18 heavy (non-hydrogen) atoms. The highest BCUT2D eigenvalue weighted by atomic mass is 32.2. The van der Waals surface area contributed by atoms with Gasteiger partial charge in [0.25, 0.3) is 10.0 Å². The second-order valence-electron chi connectivity index (χ2n) is 3.36. The van der Waals surface area contributed by atoms with E-state index in [0.717, 1.165) is 17.1 Å². The molecule has 0 spiro atoms. The van der Waals surface area contributed by atoms with Gasteiger partial charge in [-0.05, 0) is 0 Å². The Kier molecular flexibility index (Phi) is 3.02. The predicted molar refractivity (Wildman–Crippen MR) is 59.3 cm³/mol. The number of carbonyl (C=O) groups is 1. The van der Waals surface area contributed by atoms with Crippen molar-refractivity contribution in [2.75, 3.05) is 4.72 Å². The zero-order valence-electron chi connectivity index (χ0n) is 8.94. The van der Waals surface area contributed by atoms with Crippen LogP contribution < -0.4 is 4.72 Å². The molecule has 3 N–H and O–H groups in total. The van der Waals surface area contributed by atoms with E-state index in [2.05, 4.69) is 20.0 Å². The second kappa shape index (κ2) is 4.49. The molecule has 0 fully saturated rings. The molecule has 0 saturated heterocycles. The summed E-state index contributed by atoms with van der Waals surface area (Å²) in [5.74, 6) is -1.11. The lowest BCUT2D eigenvalue weighted by Gasteiger charge is -2.01. The van der Waals surface area contributed by atoms with Crippen LogP contribution in [0.25, 0.3) is 0 Å². The van der Waals surface area contributed by atoms with Crippen molar-refractivity contribution in [1.82, 2.24) is 20.0 Å². The van der Waals surface area contributed by atoms with Crippen molar-refractivity contribution in [3.05, 3.63) is 24.8 Å². The zero-order chi connectivity index (χ0) is 13.2. The van der Waals surface area contributed by atoms with Crippen molar-refractivity contribution >= 4 is 21.7 Å². The van der Waals surface area contributed by atoms with Gasteiger partial charge in [-0.25, -0.2) is 8.42 Å². The molecule has 0 amide bonds. The van der Waals surface area contributed by atoms with Gasteiger partial charge in [0, 0.05) is 12.4 Å². The van der Waals surface area contributed by atoms with Gasteiger partial charge in [-0.2, -0.15) is 10.2 Å². The molecule has 0 aliphatic rings. The highest BCUT2D eigenvalue weighted by molar-refractivity contribution is 7.92. The summed E-state index contributed by atoms with van der Waals surface area (Å²) in [7, 11) is -3.78. The fraction of sp³-hybridized carbons (Fsp3) is 0.125. The lowest BCUT2D eigenvalue weighted by Crippen LogP contribution is -2.12. The summed E-state index contributed by atoms with van der Waals surface area (Å²) in [5.41, 5.74) is 0.279. The van der Waals surface area contributed by atoms with Crippen molar-refractivity contribution in [2.24, 2.45) is 0 Å². The Hall–Kier alpha value is -2.36. The minimum atomic E-state index is -3.78. The molecule has 0 atom stereocenters. The van der Waals surface area contributed by atoms with Gasteiger partial charge in [0.05, 0.1) is 18.1 Å². The van der Waals surface area contributed by atoms with Crippen LogP contribution in [-0.2, 0) is 21.4 Å². The molecule has 9 nitrogen and oxygen atoms in total. The maximum absolute atomic E-state index is 11.8. The molecule has 2 aromatic rings. The van der Waals surface area contributed by atoms with Crippen molar-refractivity contribution in [2.45, 2.75) is 11.4 Å². The van der Waals surface area contributed by atoms with E-state index in [1.54, 1.807) is 0 Å². The van der Waals surface area contributed by atoms with Crippen molar-refractivity contribution in [3.8, 4) is 0 Å². The van der Waals surface area contributed by atoms with E-state index in [1.165, 1.54) is 12.4 Å². The molecule has 0 radical (unpaired) electrons. The van der Waals surface area contributed by atoms with Gasteiger partial charge in [0.15, 0.2) is 0 Å². The standard InChI is InChI=1S/C8H9N5O4S/c14-8(15)5-13-4-7(3-11-13)18(16,17)12-6-1-9-10-2-6/h1-4,12H,5H2,(H,9,10)(H,14,15). The maximum Gasteiger partial charge on any atom is 0.325 e. The first-order valence-electron chi connectivity index (χ1n) is 4.73. The van der Waals surface area contributed by atoms with Gasteiger partial charge in [0.1, 0.15) is 11.4 Å². The Morgan fingerprint density at radius 3 is 2.89 bits per heavy atom. The van der Waals surface area contributed by atoms with Crippen LogP contribution >= 0.6 is 0 Å². The van der Waals surface area contributed by atoms with Crippen LogP contribution in [-0.4, -0.2) is 39.5 Å². The Morgan fingerprint density at radius 2 is 2.28 bits per heavy atom. The molecule has 96 valence electrons. The van der Waals surface area contributed by atoms with Crippen LogP contribution in [0.3, 0.4) is 0 Å². The fourth-order valence-corrected chi connectivity index (χ4v) is 2.22. The number of aromatic amines is 1. The quantitative estimate of drug-likeness (QED) is 0.671. The minimum Gasteiger partial charge on any atom is -0.480 e. The molecule has 2 rings (SSSR count). The van der Waals surface area contributed by atoms with Gasteiger partial charge in [0.2, 0.25) is 0 Å². The molecular weight excluding hydrogens is 262 g/mol. The molecular formula is C8H9N5O4S. The molecule has 0 saturated carbocycles. The molecule has 0 aliphatic heterocycles. The largest absolute Gasteiger partial charge is 0.480 e. The number of rotatable bonds is 5. The number of H-pyrrole nitrogens is 1. The fourth-order valence-electron chi connectivity index (χ4n) is 1.23. The van der Waals surface area contributed by atoms with E-state index >= 15 is 0 Å². The molecule has 10 heteroatoms. The van der Waals surface area contributed by atoms with Crippen LogP contribution in [0.15, 0.2) is 29.7 Å². The first kappa shape index (κ1) is 12.1. The number of carboxylic acids is 1. The third-order valence-electron chi connectivity index (χ3n) is 1.97. The van der Waals surface area contributed by atoms with Gasteiger partial charge in [-0.15, -0.1) is 0 Å². The van der Waals surface area contributed by atoms with Gasteiger partial charge >= 0.3 is 5.97 Å². The van der Waals surface area contributed by atoms with Crippen molar-refractivity contribution in [1.29, 1.82) is 0 Å². The molecule has 0 bridgehead atoms. The Bertz CT molecular complexity index is 645. The minimum absolute atomic E-state index is 0.120. The van der Waals surface area contributed by atoms with Crippen LogP contribution in [0, 0.1) is 0 Å². The maximum atomic E-state index is 11.8. The highest BCUT2D eigenvalue weighted by Crippen LogP contribution is 2.13. The highest BCUT2D eigenvalue weighted by Gasteiger charge is 2.17. The van der Waals surface area contributed by atoms with Crippen LogP contribution in [0.5, 0.6) is 0 Å². The summed E-state index contributed by atoms with van der Waals surface area (Å²) in [6.07, 6.45) is 4.89. The average molecular weight is 271 g/mol. The molecule has 0 aliphatic carbocycles. The van der Waals surface area contributed by atoms with Gasteiger partial charge in [-0.3, -0.25) is 19.3 Å². The third kappa shape index (κ3) is 2.66. The van der Waals surface area contributed by atoms with Crippen molar-refractivity contribution in [3.63, 3.8) is 0 Å². The van der Waals surface area contributed by atoms with Gasteiger partial charge < -0.3 is 5.11 Å². The first-order valence-corrected chi connectivity index (χ1v) is 6.21. The lowest BCUT2D eigenvalue weighted by molar-refractivity contribution is -0.137. The van der Waals surface area contributed by atoms with Crippen LogP contribution in [0.2, 0.25) is 0 Å². The normalized spacial score (nSPS) is 11.3. The molecule has 0 aromatic carbocycles. The molecule has 2 heterocycles. The number of aliphatic carboxylic acids is 1. The topological polar surface area (TPSA) is 130 Å². The van der Waals surface area contributed by atoms with E-state index in [0.29, 0.717) is 0 Å². The average Bonchev–Trinajstić information content (AvgIpc) is 2.87. The number of anilines is 1. The van der Waals surface area contributed by atoms with Crippen LogP contribution in [0.1, 0.15) is 0 Å². The van der Waals surface area contributed by atoms with E-state index in [4.69, 9.17) is 5.11 Å². The number of hydrogen-bond donors (Lipinski definition) is 3. The first-order chi connectivity index (χ1) is 8.47. The number of sulfonamides is 1. The number of nitrogens with one attached hydrogen (secondary N) is 2. The summed E-state index contributed by atoms with van der Waals surface area (Å²) >= 11 is 0. The number of nitrogens with zero attached hydrogens (tertiary/aromatic N) is 3. The summed E-state index contributed by atoms with van der Waals surface area (Å²) in [4.78, 5) is 10.3. The van der Waals surface area contributed by atoms with E-state index in [1.807, 2.05) is 0 Å². The predicted octanol–water partition coefficient (Wildman–Crippen LogP) is -0.508. The zero-order valence-corrected chi connectivity index (χ0v) is 9.75. The molecule has 2 aromatic heterocycles. The lowest BCUT2D eigenvalue weighted by atomic mass is 10.6. The second-order valence-corrected chi connectivity index (χ2v) is 5.04.